The van der Waals surface area contributed by atoms with Gasteiger partial charge >= 0.3 is 77.6 Å². The molecule has 670 valence electrons. The van der Waals surface area contributed by atoms with E-state index >= 15 is 19.2 Å². The fourth-order valence-corrected chi connectivity index (χ4v) is 14.3. The van der Waals surface area contributed by atoms with Crippen LogP contribution in [0.25, 0.3) is 0 Å². The van der Waals surface area contributed by atoms with E-state index in [4.69, 9.17) is 94.7 Å². The third-order valence-electron chi connectivity index (χ3n) is 20.3. The summed E-state index contributed by atoms with van der Waals surface area (Å²) in [5.41, 5.74) is -1.08. The van der Waals surface area contributed by atoms with Gasteiger partial charge in [0.1, 0.15) is 43.7 Å². The maximum atomic E-state index is 15.6. The van der Waals surface area contributed by atoms with Gasteiger partial charge < -0.3 is 99.8 Å². The SMILES string of the molecule is CC(=O)OC[C@H]1O[C@H](OC[C@H]2O[C@@H](OC[C@H]3O[C@@H](O)[C@H](OC(=O)c4ccccc4)[C@@H](OC(=O)c4ccccc4)[C@H]3OC(=O)c3ccccc3)[C@H](OC(=O)c3ccccc3)[C@@H](OC(=O)c3ccccc3)[C@H]2O[C@H]2O[C@H](COC(=O)c3ccccc3)[C@@H](OC(=O)c3ccccc3)[C@H](OC(=O)c3ccccc3)[C@@H]2OC(=O)c2ccccc2)[C@H](OC(C)=O)[C@@H](OC(C)=O)[C@H]1OC(C)=O. The molecule has 129 heavy (non-hydrogen) atoms. The van der Waals surface area contributed by atoms with Crippen LogP contribution < -0.4 is 0 Å². The third-order valence-corrected chi connectivity index (χ3v) is 20.3. The van der Waals surface area contributed by atoms with Crippen molar-refractivity contribution in [3.63, 3.8) is 0 Å². The van der Waals surface area contributed by atoms with Gasteiger partial charge in [0.05, 0.1) is 63.3 Å². The number of carbonyl (C=O) groups is 13. The Balaban J connectivity index is 1.01. The van der Waals surface area contributed by atoms with E-state index in [1.165, 1.54) is 218 Å². The largest absolute Gasteiger partial charge is 0.463 e. The zero-order valence-electron chi connectivity index (χ0n) is 69.3. The second-order valence-corrected chi connectivity index (χ2v) is 29.3. The van der Waals surface area contributed by atoms with Crippen molar-refractivity contribution < 1.29 is 162 Å². The summed E-state index contributed by atoms with van der Waals surface area (Å²) in [6.07, 6.45) is -42.6. The first-order chi connectivity index (χ1) is 62.4. The van der Waals surface area contributed by atoms with Gasteiger partial charge in [0.25, 0.3) is 0 Å². The molecule has 4 fully saturated rings. The summed E-state index contributed by atoms with van der Waals surface area (Å²) in [5.74, 6) is -14.4. The molecular formula is C95H86O34. The molecule has 0 radical (unpaired) electrons. The Kier molecular flexibility index (Phi) is 31.7. The molecule has 0 unspecified atom stereocenters. The molecular weight excluding hydrogens is 1690 g/mol. The van der Waals surface area contributed by atoms with Gasteiger partial charge in [-0.05, 0) is 109 Å². The number of hydrogen-bond acceptors (Lipinski definition) is 34. The van der Waals surface area contributed by atoms with Crippen LogP contribution in [0.15, 0.2) is 273 Å². The predicted molar refractivity (Wildman–Crippen MR) is 439 cm³/mol. The Morgan fingerprint density at radius 2 is 0.426 bits per heavy atom. The van der Waals surface area contributed by atoms with E-state index in [0.29, 0.717) is 0 Å². The molecule has 4 aliphatic heterocycles. The second kappa shape index (κ2) is 44.3. The van der Waals surface area contributed by atoms with Crippen LogP contribution in [0.5, 0.6) is 0 Å². The molecule has 0 bridgehead atoms. The monoisotopic (exact) mass is 1770 g/mol. The molecule has 0 spiro atoms. The summed E-state index contributed by atoms with van der Waals surface area (Å²) in [5, 5.41) is 12.4. The molecule has 1 N–H and O–H groups in total. The topological polar surface area (TPSA) is 427 Å². The summed E-state index contributed by atoms with van der Waals surface area (Å²) in [6, 6.07) is 65.8. The maximum absolute atomic E-state index is 15.6. The fraction of sp³-hybridized carbons (Fsp3) is 0.295. The summed E-state index contributed by atoms with van der Waals surface area (Å²) in [6.45, 7) is -0.107. The van der Waals surface area contributed by atoms with Gasteiger partial charge in [0.15, 0.2) is 92.3 Å². The molecule has 9 aromatic carbocycles. The smallest absolute Gasteiger partial charge is 0.338 e. The van der Waals surface area contributed by atoms with Gasteiger partial charge in [-0.2, -0.15) is 0 Å². The maximum Gasteiger partial charge on any atom is 0.338 e. The average molecular weight is 1770 g/mol. The van der Waals surface area contributed by atoms with Gasteiger partial charge in [-0.1, -0.05) is 164 Å². The summed E-state index contributed by atoms with van der Waals surface area (Å²) in [7, 11) is 0. The first-order valence-electron chi connectivity index (χ1n) is 40.6. The van der Waals surface area contributed by atoms with Crippen molar-refractivity contribution >= 4 is 77.6 Å². The number of esters is 13. The Morgan fingerprint density at radius 3 is 0.744 bits per heavy atom. The van der Waals surface area contributed by atoms with Gasteiger partial charge in [-0.15, -0.1) is 0 Å². The molecule has 20 atom stereocenters. The van der Waals surface area contributed by atoms with E-state index in [2.05, 4.69) is 0 Å². The van der Waals surface area contributed by atoms with Crippen molar-refractivity contribution in [2.75, 3.05) is 26.4 Å². The molecule has 9 aromatic rings. The minimum Gasteiger partial charge on any atom is -0.463 e. The summed E-state index contributed by atoms with van der Waals surface area (Å²) >= 11 is 0. The predicted octanol–water partition coefficient (Wildman–Crippen LogP) is 9.32. The molecule has 34 nitrogen and oxygen atoms in total. The standard InChI is InChI=1S/C95H86O34/c1-54(96)110-50-68-71(114-55(2)97)76(115-56(3)98)80(116-57(4)99)93(118-68)113-53-70-74(129-95-82(128-91(108)66-48-30-13-31-49-66)77(124-87(104)62-40-22-9-23-41-62)73(122-85(102)60-36-18-7-19-37-60)69(120-95)51-111-83(100)58-32-14-5-15-33-58)78(125-88(105)63-42-24-10-25-43-63)81(127-90(107)65-46-28-12-29-47-65)94(119-70)112-52-67-72(121-84(101)59-34-16-6-17-35-59)75(123-86(103)61-38-20-8-21-39-61)79(92(109)117-67)126-89(106)64-44-26-11-27-45-64/h5-49,67-82,92-95,109H,50-53H2,1-4H3/t67-,68-,69-,70-,71+,72+,73-,74+,75+,76+,77+,78+,79-,80-,81-,82+,92-,93+,94-,95-/m1/s1. The average Bonchev–Trinajstić information content (AvgIpc) is 0.752. The Bertz CT molecular complexity index is 5330. The Labute approximate surface area is 736 Å². The van der Waals surface area contributed by atoms with Crippen LogP contribution in [0.4, 0.5) is 0 Å². The molecule has 0 aromatic heterocycles. The zero-order chi connectivity index (χ0) is 91.0. The van der Waals surface area contributed by atoms with Crippen molar-refractivity contribution in [3.05, 3.63) is 323 Å². The van der Waals surface area contributed by atoms with Crippen LogP contribution in [0.3, 0.4) is 0 Å². The zero-order valence-corrected chi connectivity index (χ0v) is 69.3. The molecule has 4 aliphatic rings. The van der Waals surface area contributed by atoms with E-state index in [9.17, 15) is 48.3 Å². The molecule has 0 aliphatic carbocycles. The molecule has 13 rings (SSSR count). The fourth-order valence-electron chi connectivity index (χ4n) is 14.3. The summed E-state index contributed by atoms with van der Waals surface area (Å²) in [4.78, 5) is 187. The van der Waals surface area contributed by atoms with Crippen molar-refractivity contribution in [2.45, 2.75) is 151 Å². The van der Waals surface area contributed by atoms with Crippen LogP contribution in [0.2, 0.25) is 0 Å². The molecule has 34 heteroatoms. The highest BCUT2D eigenvalue weighted by molar-refractivity contribution is 5.94. The lowest BCUT2D eigenvalue weighted by molar-refractivity contribution is -0.368. The Hall–Kier alpha value is -14.2. The van der Waals surface area contributed by atoms with Crippen LogP contribution in [0, 0.1) is 0 Å². The van der Waals surface area contributed by atoms with Gasteiger partial charge in [-0.25, -0.2) is 43.2 Å². The number of benzene rings is 9. The molecule has 4 heterocycles. The molecule has 0 amide bonds. The van der Waals surface area contributed by atoms with Gasteiger partial charge in [0.2, 0.25) is 0 Å². The van der Waals surface area contributed by atoms with Crippen LogP contribution in [-0.4, -0.2) is 232 Å². The van der Waals surface area contributed by atoms with E-state index in [-0.39, 0.29) is 50.1 Å². The number of ether oxygens (including phenoxy) is 20. The minimum absolute atomic E-state index is 0.00902. The van der Waals surface area contributed by atoms with Crippen molar-refractivity contribution in [2.24, 2.45) is 0 Å². The number of aliphatic hydroxyl groups is 1. The quantitative estimate of drug-likeness (QED) is 0.0303. The van der Waals surface area contributed by atoms with Crippen LogP contribution >= 0.6 is 0 Å². The third kappa shape index (κ3) is 24.3. The van der Waals surface area contributed by atoms with Crippen LogP contribution in [-0.2, 0) is 114 Å². The lowest BCUT2D eigenvalue weighted by Gasteiger charge is -2.49. The minimum atomic E-state index is -2.43. The summed E-state index contributed by atoms with van der Waals surface area (Å²) < 4.78 is 127. The highest BCUT2D eigenvalue weighted by Gasteiger charge is 2.61. The van der Waals surface area contributed by atoms with E-state index < -0.39 is 227 Å². The first-order valence-corrected chi connectivity index (χ1v) is 40.6. The van der Waals surface area contributed by atoms with Crippen LogP contribution in [0.1, 0.15) is 121 Å². The van der Waals surface area contributed by atoms with E-state index in [1.54, 1.807) is 54.6 Å². The highest BCUT2D eigenvalue weighted by Crippen LogP contribution is 2.40. The Morgan fingerprint density at radius 1 is 0.217 bits per heavy atom. The number of aliphatic hydroxyl groups excluding tert-OH is 1. The molecule has 4 saturated heterocycles. The number of rotatable bonds is 32. The lowest BCUT2D eigenvalue weighted by Crippen LogP contribution is -2.68. The molecule has 0 saturated carbocycles. The second-order valence-electron chi connectivity index (χ2n) is 29.3. The van der Waals surface area contributed by atoms with E-state index in [1.807, 2.05) is 0 Å². The van der Waals surface area contributed by atoms with Crippen molar-refractivity contribution in [3.8, 4) is 0 Å². The van der Waals surface area contributed by atoms with Crippen molar-refractivity contribution in [1.82, 2.24) is 0 Å². The van der Waals surface area contributed by atoms with Gasteiger partial charge in [0, 0.05) is 27.7 Å². The van der Waals surface area contributed by atoms with E-state index in [0.717, 1.165) is 27.7 Å². The van der Waals surface area contributed by atoms with Gasteiger partial charge in [-0.3, -0.25) is 19.2 Å². The number of hydrogen-bond donors (Lipinski definition) is 1. The lowest BCUT2D eigenvalue weighted by atomic mass is 9.95. The van der Waals surface area contributed by atoms with Crippen molar-refractivity contribution in [1.29, 1.82) is 0 Å². The number of carbonyl (C=O) groups excluding carboxylic acids is 13. The normalized spacial score (nSPS) is 25.1. The highest BCUT2D eigenvalue weighted by atomic mass is 16.8. The first kappa shape index (κ1) is 92.4.